The van der Waals surface area contributed by atoms with Crippen LogP contribution in [0, 0.1) is 0 Å². The second kappa shape index (κ2) is 8.09. The molecule has 144 valence electrons. The molecule has 27 heavy (non-hydrogen) atoms. The van der Waals surface area contributed by atoms with Crippen LogP contribution in [0.3, 0.4) is 0 Å². The maximum atomic E-state index is 12.2. The lowest BCUT2D eigenvalue weighted by molar-refractivity contribution is -0.117. The number of carbonyl (C=O) groups is 1. The van der Waals surface area contributed by atoms with Gasteiger partial charge >= 0.3 is 0 Å². The standard InChI is InChI=1S/C22H27NO3S/c1-16(18-9-13-20(14-10-18)27(5,25)26)23-21(24)15-8-17-6-11-19(12-7-17)22(2,3)4/h6-16H,1-5H3,(H,23,24)/b15-8+/t16-/m1/s1. The van der Waals surface area contributed by atoms with Gasteiger partial charge in [0.15, 0.2) is 9.84 Å². The van der Waals surface area contributed by atoms with Crippen LogP contribution in [-0.4, -0.2) is 20.6 Å². The monoisotopic (exact) mass is 385 g/mol. The molecule has 1 amide bonds. The Balaban J connectivity index is 1.99. The fraction of sp³-hybridized carbons (Fsp3) is 0.318. The summed E-state index contributed by atoms with van der Waals surface area (Å²) in [6, 6.07) is 14.5. The number of hydrogen-bond acceptors (Lipinski definition) is 3. The zero-order valence-electron chi connectivity index (χ0n) is 16.5. The van der Waals surface area contributed by atoms with Gasteiger partial charge in [0.2, 0.25) is 5.91 Å². The first-order valence-electron chi connectivity index (χ1n) is 8.86. The van der Waals surface area contributed by atoms with E-state index in [0.29, 0.717) is 0 Å². The quantitative estimate of drug-likeness (QED) is 0.782. The van der Waals surface area contributed by atoms with Gasteiger partial charge in [0.05, 0.1) is 10.9 Å². The molecule has 0 fully saturated rings. The average molecular weight is 386 g/mol. The molecule has 4 nitrogen and oxygen atoms in total. The lowest BCUT2D eigenvalue weighted by Gasteiger charge is -2.18. The fourth-order valence-corrected chi connectivity index (χ4v) is 3.25. The van der Waals surface area contributed by atoms with E-state index in [2.05, 4.69) is 38.2 Å². The van der Waals surface area contributed by atoms with Crippen LogP contribution in [0.25, 0.3) is 6.08 Å². The molecular weight excluding hydrogens is 358 g/mol. The summed E-state index contributed by atoms with van der Waals surface area (Å²) >= 11 is 0. The summed E-state index contributed by atoms with van der Waals surface area (Å²) in [5.74, 6) is -0.199. The van der Waals surface area contributed by atoms with E-state index in [1.807, 2.05) is 19.1 Å². The van der Waals surface area contributed by atoms with E-state index in [-0.39, 0.29) is 22.3 Å². The average Bonchev–Trinajstić information content (AvgIpc) is 2.59. The predicted octanol–water partition coefficient (Wildman–Crippen LogP) is 4.28. The molecule has 0 unspecified atom stereocenters. The smallest absolute Gasteiger partial charge is 0.244 e. The lowest BCUT2D eigenvalue weighted by atomic mass is 9.87. The van der Waals surface area contributed by atoms with Crippen molar-refractivity contribution in [2.75, 3.05) is 6.26 Å². The largest absolute Gasteiger partial charge is 0.346 e. The second-order valence-corrected chi connectivity index (χ2v) is 9.79. The Hall–Kier alpha value is -2.40. The molecule has 2 aromatic rings. The molecule has 2 rings (SSSR count). The normalized spacial score (nSPS) is 13.5. The first-order chi connectivity index (χ1) is 12.5. The molecular formula is C22H27NO3S. The number of nitrogens with one attached hydrogen (secondary N) is 1. The summed E-state index contributed by atoms with van der Waals surface area (Å²) in [6.45, 7) is 8.35. The van der Waals surface area contributed by atoms with Crippen LogP contribution < -0.4 is 5.32 Å². The van der Waals surface area contributed by atoms with Gasteiger partial charge in [-0.1, -0.05) is 57.2 Å². The Labute approximate surface area is 162 Å². The Bertz CT molecular complexity index is 919. The van der Waals surface area contributed by atoms with E-state index in [1.54, 1.807) is 30.3 Å². The predicted molar refractivity (Wildman–Crippen MR) is 110 cm³/mol. The molecule has 0 aliphatic carbocycles. The van der Waals surface area contributed by atoms with Gasteiger partial charge in [0, 0.05) is 12.3 Å². The van der Waals surface area contributed by atoms with Crippen molar-refractivity contribution in [3.05, 3.63) is 71.3 Å². The molecule has 0 spiro atoms. The van der Waals surface area contributed by atoms with Gasteiger partial charge in [-0.2, -0.15) is 0 Å². The SMILES string of the molecule is C[C@@H](NC(=O)/C=C/c1ccc(C(C)(C)C)cc1)c1ccc(S(C)(=O)=O)cc1. The van der Waals surface area contributed by atoms with Crippen LogP contribution in [0.15, 0.2) is 59.5 Å². The molecule has 0 bridgehead atoms. The first-order valence-corrected chi connectivity index (χ1v) is 10.7. The summed E-state index contributed by atoms with van der Waals surface area (Å²) in [5, 5.41) is 2.89. The van der Waals surface area contributed by atoms with Crippen LogP contribution in [0.5, 0.6) is 0 Å². The van der Waals surface area contributed by atoms with E-state index in [0.717, 1.165) is 11.1 Å². The Morgan fingerprint density at radius 3 is 2.04 bits per heavy atom. The van der Waals surface area contributed by atoms with Crippen molar-refractivity contribution in [2.24, 2.45) is 0 Å². The Morgan fingerprint density at radius 1 is 1.00 bits per heavy atom. The highest BCUT2D eigenvalue weighted by molar-refractivity contribution is 7.90. The third-order valence-electron chi connectivity index (χ3n) is 4.37. The number of benzene rings is 2. The fourth-order valence-electron chi connectivity index (χ4n) is 2.61. The third-order valence-corrected chi connectivity index (χ3v) is 5.50. The summed E-state index contributed by atoms with van der Waals surface area (Å²) in [7, 11) is -3.22. The molecule has 1 atom stereocenters. The van der Waals surface area contributed by atoms with Crippen molar-refractivity contribution in [3.8, 4) is 0 Å². The minimum absolute atomic E-state index is 0.0989. The number of hydrogen-bond donors (Lipinski definition) is 1. The molecule has 0 aliphatic heterocycles. The van der Waals surface area contributed by atoms with Crippen molar-refractivity contribution in [1.82, 2.24) is 5.32 Å². The van der Waals surface area contributed by atoms with Crippen molar-refractivity contribution in [2.45, 2.75) is 44.0 Å². The Kier molecular flexibility index (Phi) is 6.26. The number of carbonyl (C=O) groups excluding carboxylic acids is 1. The van der Waals surface area contributed by atoms with Crippen molar-refractivity contribution in [1.29, 1.82) is 0 Å². The summed E-state index contributed by atoms with van der Waals surface area (Å²) in [5.41, 5.74) is 3.15. The molecule has 0 saturated carbocycles. The van der Waals surface area contributed by atoms with Gasteiger partial charge in [-0.25, -0.2) is 8.42 Å². The minimum atomic E-state index is -3.22. The van der Waals surface area contributed by atoms with Gasteiger partial charge in [-0.3, -0.25) is 4.79 Å². The number of amides is 1. The molecule has 0 radical (unpaired) electrons. The summed E-state index contributed by atoms with van der Waals surface area (Å²) in [6.07, 6.45) is 4.46. The van der Waals surface area contributed by atoms with E-state index in [1.165, 1.54) is 17.9 Å². The molecule has 2 aromatic carbocycles. The van der Waals surface area contributed by atoms with E-state index in [9.17, 15) is 13.2 Å². The molecule has 0 aliphatic rings. The maximum Gasteiger partial charge on any atom is 0.244 e. The highest BCUT2D eigenvalue weighted by Gasteiger charge is 2.13. The minimum Gasteiger partial charge on any atom is -0.346 e. The molecule has 1 N–H and O–H groups in total. The van der Waals surface area contributed by atoms with Gasteiger partial charge in [0.1, 0.15) is 0 Å². The highest BCUT2D eigenvalue weighted by Crippen LogP contribution is 2.22. The topological polar surface area (TPSA) is 63.2 Å². The second-order valence-electron chi connectivity index (χ2n) is 7.78. The van der Waals surface area contributed by atoms with Gasteiger partial charge in [-0.05, 0) is 47.2 Å². The van der Waals surface area contributed by atoms with Crippen molar-refractivity contribution >= 4 is 21.8 Å². The molecule has 5 heteroatoms. The first kappa shape index (κ1) is 20.9. The van der Waals surface area contributed by atoms with Crippen LogP contribution >= 0.6 is 0 Å². The zero-order chi connectivity index (χ0) is 20.2. The van der Waals surface area contributed by atoms with E-state index in [4.69, 9.17) is 0 Å². The highest BCUT2D eigenvalue weighted by atomic mass is 32.2. The number of sulfone groups is 1. The van der Waals surface area contributed by atoms with Gasteiger partial charge in [-0.15, -0.1) is 0 Å². The van der Waals surface area contributed by atoms with Crippen LogP contribution in [0.2, 0.25) is 0 Å². The van der Waals surface area contributed by atoms with E-state index >= 15 is 0 Å². The number of rotatable bonds is 5. The van der Waals surface area contributed by atoms with Crippen LogP contribution in [-0.2, 0) is 20.0 Å². The molecule has 0 heterocycles. The third kappa shape index (κ3) is 6.07. The molecule has 0 saturated heterocycles. The Morgan fingerprint density at radius 2 is 1.56 bits per heavy atom. The molecule has 0 aromatic heterocycles. The summed E-state index contributed by atoms with van der Waals surface area (Å²) in [4.78, 5) is 12.4. The zero-order valence-corrected chi connectivity index (χ0v) is 17.3. The van der Waals surface area contributed by atoms with Crippen LogP contribution in [0.4, 0.5) is 0 Å². The van der Waals surface area contributed by atoms with Crippen molar-refractivity contribution in [3.63, 3.8) is 0 Å². The lowest BCUT2D eigenvalue weighted by Crippen LogP contribution is -2.24. The van der Waals surface area contributed by atoms with E-state index < -0.39 is 9.84 Å². The maximum absolute atomic E-state index is 12.2. The van der Waals surface area contributed by atoms with Crippen molar-refractivity contribution < 1.29 is 13.2 Å². The summed E-state index contributed by atoms with van der Waals surface area (Å²) < 4.78 is 23.0. The van der Waals surface area contributed by atoms with Gasteiger partial charge in [0.25, 0.3) is 0 Å². The van der Waals surface area contributed by atoms with Crippen LogP contribution in [0.1, 0.15) is 50.4 Å². The van der Waals surface area contributed by atoms with Gasteiger partial charge < -0.3 is 5.32 Å².